The minimum Gasteiger partial charge on any atom is -0.466 e. The lowest BCUT2D eigenvalue weighted by molar-refractivity contribution is -0.134. The fourth-order valence-electron chi connectivity index (χ4n) is 5.35. The maximum Gasteiger partial charge on any atom is 0.330 e. The zero-order valence-corrected chi connectivity index (χ0v) is 15.9. The fourth-order valence-corrected chi connectivity index (χ4v) is 5.35. The normalized spacial score (nSPS) is 30.9. The van der Waals surface area contributed by atoms with Gasteiger partial charge in [-0.25, -0.2) is 4.79 Å². The van der Waals surface area contributed by atoms with Gasteiger partial charge in [-0.3, -0.25) is 0 Å². The molecule has 0 unspecified atom stereocenters. The summed E-state index contributed by atoms with van der Waals surface area (Å²) in [6.45, 7) is 11.8. The molecule has 130 valence electrons. The van der Waals surface area contributed by atoms with Gasteiger partial charge in [-0.1, -0.05) is 43.9 Å². The monoisotopic (exact) mass is 318 g/mol. The first kappa shape index (κ1) is 18.3. The summed E-state index contributed by atoms with van der Waals surface area (Å²) in [7, 11) is 1.44. The van der Waals surface area contributed by atoms with Crippen LogP contribution in [0.25, 0.3) is 0 Å². The van der Waals surface area contributed by atoms with Crippen LogP contribution in [0.2, 0.25) is 0 Å². The van der Waals surface area contributed by atoms with Crippen LogP contribution in [0, 0.1) is 16.7 Å². The molecule has 0 saturated heterocycles. The van der Waals surface area contributed by atoms with E-state index in [4.69, 9.17) is 4.74 Å². The first-order chi connectivity index (χ1) is 10.7. The van der Waals surface area contributed by atoms with Gasteiger partial charge in [0.2, 0.25) is 0 Å². The molecule has 0 amide bonds. The van der Waals surface area contributed by atoms with Gasteiger partial charge in [-0.05, 0) is 69.1 Å². The van der Waals surface area contributed by atoms with E-state index in [1.54, 1.807) is 17.2 Å². The van der Waals surface area contributed by atoms with Crippen molar-refractivity contribution in [3.8, 4) is 0 Å². The van der Waals surface area contributed by atoms with Crippen molar-refractivity contribution in [2.45, 2.75) is 79.6 Å². The van der Waals surface area contributed by atoms with E-state index >= 15 is 0 Å². The van der Waals surface area contributed by atoms with E-state index in [9.17, 15) is 4.79 Å². The van der Waals surface area contributed by atoms with Crippen molar-refractivity contribution in [1.29, 1.82) is 0 Å². The Morgan fingerprint density at radius 1 is 1.30 bits per heavy atom. The number of rotatable bonds is 4. The number of carbonyl (C=O) groups excluding carboxylic acids is 1. The summed E-state index contributed by atoms with van der Waals surface area (Å²) >= 11 is 0. The van der Waals surface area contributed by atoms with Crippen molar-refractivity contribution in [2.24, 2.45) is 16.7 Å². The van der Waals surface area contributed by atoms with E-state index in [-0.39, 0.29) is 5.97 Å². The molecular weight excluding hydrogens is 284 g/mol. The SMILES string of the molecule is COC(=O)/C=C(\C)CCC1=C(C)CC[C@H]2C(C)(C)CCC[C@]12C. The second-order valence-electron chi connectivity index (χ2n) is 8.62. The topological polar surface area (TPSA) is 26.3 Å². The van der Waals surface area contributed by atoms with Gasteiger partial charge in [-0.15, -0.1) is 0 Å². The molecule has 1 fully saturated rings. The molecule has 2 aliphatic rings. The van der Waals surface area contributed by atoms with Crippen molar-refractivity contribution >= 4 is 5.97 Å². The van der Waals surface area contributed by atoms with Crippen LogP contribution in [0.4, 0.5) is 0 Å². The number of esters is 1. The average Bonchev–Trinajstić information content (AvgIpc) is 2.45. The number of allylic oxidation sites excluding steroid dienone is 3. The molecule has 2 rings (SSSR count). The fraction of sp³-hybridized carbons (Fsp3) is 0.762. The molecule has 23 heavy (non-hydrogen) atoms. The van der Waals surface area contributed by atoms with Crippen LogP contribution in [-0.4, -0.2) is 13.1 Å². The molecule has 0 aliphatic heterocycles. The van der Waals surface area contributed by atoms with E-state index in [0.717, 1.165) is 24.3 Å². The molecule has 1 saturated carbocycles. The molecule has 2 heteroatoms. The number of fused-ring (bicyclic) bond motifs is 1. The second-order valence-corrected chi connectivity index (χ2v) is 8.62. The number of ether oxygens (including phenoxy) is 1. The van der Waals surface area contributed by atoms with Gasteiger partial charge in [0.15, 0.2) is 0 Å². The lowest BCUT2D eigenvalue weighted by Crippen LogP contribution is -2.45. The van der Waals surface area contributed by atoms with E-state index in [1.807, 2.05) is 6.92 Å². The number of methoxy groups -OCH3 is 1. The van der Waals surface area contributed by atoms with Crippen LogP contribution in [0.15, 0.2) is 22.8 Å². The summed E-state index contributed by atoms with van der Waals surface area (Å²) < 4.78 is 4.74. The highest BCUT2D eigenvalue weighted by Crippen LogP contribution is 2.60. The van der Waals surface area contributed by atoms with Crippen molar-refractivity contribution in [3.63, 3.8) is 0 Å². The quantitative estimate of drug-likeness (QED) is 0.370. The zero-order chi connectivity index (χ0) is 17.3. The minimum atomic E-state index is -0.236. The third kappa shape index (κ3) is 3.72. The van der Waals surface area contributed by atoms with E-state index in [0.29, 0.717) is 10.8 Å². The van der Waals surface area contributed by atoms with Crippen molar-refractivity contribution in [3.05, 3.63) is 22.8 Å². The third-order valence-corrected chi connectivity index (χ3v) is 6.58. The van der Waals surface area contributed by atoms with Crippen molar-refractivity contribution in [1.82, 2.24) is 0 Å². The summed E-state index contributed by atoms with van der Waals surface area (Å²) in [5, 5.41) is 0. The lowest BCUT2D eigenvalue weighted by Gasteiger charge is -2.55. The zero-order valence-electron chi connectivity index (χ0n) is 15.9. The summed E-state index contributed by atoms with van der Waals surface area (Å²) in [6, 6.07) is 0. The van der Waals surface area contributed by atoms with E-state index in [2.05, 4.69) is 27.7 Å². The van der Waals surface area contributed by atoms with E-state index in [1.165, 1.54) is 39.2 Å². The van der Waals surface area contributed by atoms with Crippen LogP contribution in [0.5, 0.6) is 0 Å². The Balaban J connectivity index is 2.19. The lowest BCUT2D eigenvalue weighted by atomic mass is 9.50. The smallest absolute Gasteiger partial charge is 0.330 e. The molecule has 0 aromatic heterocycles. The largest absolute Gasteiger partial charge is 0.466 e. The number of hydrogen-bond acceptors (Lipinski definition) is 2. The number of hydrogen-bond donors (Lipinski definition) is 0. The van der Waals surface area contributed by atoms with Gasteiger partial charge in [0.1, 0.15) is 0 Å². The Bertz CT molecular complexity index is 524. The first-order valence-corrected chi connectivity index (χ1v) is 9.15. The summed E-state index contributed by atoms with van der Waals surface area (Å²) in [6.07, 6.45) is 10.3. The molecule has 0 N–H and O–H groups in total. The van der Waals surface area contributed by atoms with Crippen LogP contribution in [-0.2, 0) is 9.53 Å². The summed E-state index contributed by atoms with van der Waals surface area (Å²) in [4.78, 5) is 11.4. The highest BCUT2D eigenvalue weighted by atomic mass is 16.5. The molecule has 2 nitrogen and oxygen atoms in total. The summed E-state index contributed by atoms with van der Waals surface area (Å²) in [5.41, 5.74) is 5.22. The van der Waals surface area contributed by atoms with Crippen LogP contribution in [0.1, 0.15) is 79.6 Å². The molecule has 0 spiro atoms. The predicted molar refractivity (Wildman–Crippen MR) is 96.2 cm³/mol. The first-order valence-electron chi connectivity index (χ1n) is 9.15. The Labute approximate surface area is 142 Å². The number of carbonyl (C=O) groups is 1. The van der Waals surface area contributed by atoms with Crippen LogP contribution < -0.4 is 0 Å². The van der Waals surface area contributed by atoms with Crippen LogP contribution >= 0.6 is 0 Å². The van der Waals surface area contributed by atoms with Gasteiger partial charge < -0.3 is 4.74 Å². The molecule has 0 heterocycles. The van der Waals surface area contributed by atoms with Gasteiger partial charge >= 0.3 is 5.97 Å². The molecular formula is C21H34O2. The Hall–Kier alpha value is -1.05. The average molecular weight is 319 g/mol. The predicted octanol–water partition coefficient (Wildman–Crippen LogP) is 5.83. The molecule has 0 aromatic carbocycles. The molecule has 0 radical (unpaired) electrons. The Kier molecular flexibility index (Phi) is 5.43. The maximum atomic E-state index is 11.4. The highest BCUT2D eigenvalue weighted by Gasteiger charge is 2.49. The Morgan fingerprint density at radius 2 is 2.00 bits per heavy atom. The molecule has 0 aromatic rings. The van der Waals surface area contributed by atoms with Gasteiger partial charge in [0, 0.05) is 6.08 Å². The molecule has 0 bridgehead atoms. The van der Waals surface area contributed by atoms with Crippen LogP contribution in [0.3, 0.4) is 0 Å². The van der Waals surface area contributed by atoms with E-state index < -0.39 is 0 Å². The second kappa shape index (κ2) is 6.83. The maximum absolute atomic E-state index is 11.4. The third-order valence-electron chi connectivity index (χ3n) is 6.58. The molecule has 2 aliphatic carbocycles. The van der Waals surface area contributed by atoms with Gasteiger partial charge in [0.25, 0.3) is 0 Å². The summed E-state index contributed by atoms with van der Waals surface area (Å²) in [5.74, 6) is 0.562. The van der Waals surface area contributed by atoms with Gasteiger partial charge in [0.05, 0.1) is 7.11 Å². The van der Waals surface area contributed by atoms with Gasteiger partial charge in [-0.2, -0.15) is 0 Å². The van der Waals surface area contributed by atoms with Crippen molar-refractivity contribution in [2.75, 3.05) is 7.11 Å². The Morgan fingerprint density at radius 3 is 2.65 bits per heavy atom. The highest BCUT2D eigenvalue weighted by molar-refractivity contribution is 5.82. The van der Waals surface area contributed by atoms with Crippen molar-refractivity contribution < 1.29 is 9.53 Å². The minimum absolute atomic E-state index is 0.236. The standard InChI is InChI=1S/C21H34O2/c1-15(14-19(22)23-6)8-10-17-16(2)9-11-18-20(3,4)12-7-13-21(17,18)5/h14,18H,7-13H2,1-6H3/b15-14+/t18-,21+/m0/s1. The molecule has 2 atom stereocenters.